The maximum atomic E-state index is 12.5. The Morgan fingerprint density at radius 1 is 1.16 bits per heavy atom. The fraction of sp³-hybridized carbons (Fsp3) is 0.933. The first-order chi connectivity index (χ1) is 9.26. The monoisotopic (exact) mass is 265 g/mol. The molecule has 2 N–H and O–H groups in total. The number of amides is 1. The van der Waals surface area contributed by atoms with Gasteiger partial charge in [-0.1, -0.05) is 0 Å². The van der Waals surface area contributed by atoms with E-state index >= 15 is 0 Å². The summed E-state index contributed by atoms with van der Waals surface area (Å²) in [6.45, 7) is 0.222. The summed E-state index contributed by atoms with van der Waals surface area (Å²) < 4.78 is 5.78. The summed E-state index contributed by atoms with van der Waals surface area (Å²) in [4.78, 5) is 12.5. The number of aliphatic hydroxyl groups is 1. The molecule has 2 heterocycles. The third-order valence-electron chi connectivity index (χ3n) is 6.05. The van der Waals surface area contributed by atoms with Gasteiger partial charge in [0.05, 0.1) is 18.1 Å². The highest BCUT2D eigenvalue weighted by Crippen LogP contribution is 2.48. The molecule has 0 spiro atoms. The lowest BCUT2D eigenvalue weighted by Gasteiger charge is -2.32. The van der Waals surface area contributed by atoms with Gasteiger partial charge in [0.1, 0.15) is 0 Å². The molecule has 7 atom stereocenters. The highest BCUT2D eigenvalue weighted by atomic mass is 16.5. The second kappa shape index (κ2) is 4.45. The zero-order chi connectivity index (χ0) is 13.0. The van der Waals surface area contributed by atoms with E-state index in [1.165, 1.54) is 19.3 Å². The Kier molecular flexibility index (Phi) is 2.85. The molecule has 4 fully saturated rings. The molecule has 2 saturated heterocycles. The van der Waals surface area contributed by atoms with Crippen LogP contribution in [-0.4, -0.2) is 35.9 Å². The van der Waals surface area contributed by atoms with Crippen LogP contribution >= 0.6 is 0 Å². The lowest BCUT2D eigenvalue weighted by atomic mass is 9.83. The van der Waals surface area contributed by atoms with Crippen LogP contribution in [0.25, 0.3) is 0 Å². The van der Waals surface area contributed by atoms with E-state index in [-0.39, 0.29) is 30.6 Å². The number of nitrogens with one attached hydrogen (secondary N) is 1. The topological polar surface area (TPSA) is 58.6 Å². The van der Waals surface area contributed by atoms with E-state index in [1.807, 2.05) is 0 Å². The van der Waals surface area contributed by atoms with Crippen LogP contribution in [0.1, 0.15) is 38.5 Å². The van der Waals surface area contributed by atoms with E-state index in [1.54, 1.807) is 0 Å². The Morgan fingerprint density at radius 3 is 2.68 bits per heavy atom. The average Bonchev–Trinajstić information content (AvgIpc) is 3.18. The van der Waals surface area contributed by atoms with E-state index in [2.05, 4.69) is 5.32 Å². The molecular weight excluding hydrogens is 242 g/mol. The molecule has 0 radical (unpaired) electrons. The summed E-state index contributed by atoms with van der Waals surface area (Å²) in [5.41, 5.74) is 0. The number of carbonyl (C=O) groups excluding carboxylic acids is 1. The van der Waals surface area contributed by atoms with E-state index in [0.29, 0.717) is 23.9 Å². The fourth-order valence-electron chi connectivity index (χ4n) is 5.08. The standard InChI is InChI=1S/C15H23NO3/c17-7-12-8-1-2-9(5-8)14(12)16-15(18)11-6-10-3-4-13(11)19-10/h8-14,17H,1-7H2,(H,16,18). The molecule has 2 aliphatic carbocycles. The lowest BCUT2D eigenvalue weighted by molar-refractivity contribution is -0.128. The zero-order valence-electron chi connectivity index (χ0n) is 11.3. The minimum absolute atomic E-state index is 0.0669. The first-order valence-corrected chi connectivity index (χ1v) is 7.83. The highest BCUT2D eigenvalue weighted by molar-refractivity contribution is 5.80. The molecule has 4 bridgehead atoms. The highest BCUT2D eigenvalue weighted by Gasteiger charge is 2.50. The Bertz CT molecular complexity index is 386. The number of hydrogen-bond donors (Lipinski definition) is 2. The van der Waals surface area contributed by atoms with Crippen molar-refractivity contribution >= 4 is 5.91 Å². The first kappa shape index (κ1) is 12.2. The fourth-order valence-corrected chi connectivity index (χ4v) is 5.08. The Balaban J connectivity index is 1.42. The number of hydrogen-bond acceptors (Lipinski definition) is 3. The summed E-state index contributed by atoms with van der Waals surface area (Å²) in [5, 5.41) is 12.8. The maximum absolute atomic E-state index is 12.5. The second-order valence-electron chi connectivity index (χ2n) is 6.93. The summed E-state index contributed by atoms with van der Waals surface area (Å²) in [7, 11) is 0. The lowest BCUT2D eigenvalue weighted by Crippen LogP contribution is -2.48. The van der Waals surface area contributed by atoms with Gasteiger partial charge < -0.3 is 15.2 Å². The molecule has 19 heavy (non-hydrogen) atoms. The van der Waals surface area contributed by atoms with Crippen molar-refractivity contribution in [2.45, 2.75) is 56.8 Å². The van der Waals surface area contributed by atoms with E-state index in [4.69, 9.17) is 4.74 Å². The number of aliphatic hydroxyl groups excluding tert-OH is 1. The molecule has 4 heteroatoms. The van der Waals surface area contributed by atoms with Crippen molar-refractivity contribution in [3.8, 4) is 0 Å². The predicted octanol–water partition coefficient (Wildman–Crippen LogP) is 1.08. The maximum Gasteiger partial charge on any atom is 0.226 e. The Morgan fingerprint density at radius 2 is 2.00 bits per heavy atom. The molecule has 4 aliphatic rings. The first-order valence-electron chi connectivity index (χ1n) is 7.83. The van der Waals surface area contributed by atoms with Crippen LogP contribution in [0.2, 0.25) is 0 Å². The van der Waals surface area contributed by atoms with E-state index in [0.717, 1.165) is 19.3 Å². The van der Waals surface area contributed by atoms with Gasteiger partial charge in [-0.2, -0.15) is 0 Å². The molecule has 106 valence electrons. The van der Waals surface area contributed by atoms with Crippen LogP contribution in [-0.2, 0) is 9.53 Å². The van der Waals surface area contributed by atoms with Gasteiger partial charge in [0.15, 0.2) is 0 Å². The van der Waals surface area contributed by atoms with E-state index < -0.39 is 0 Å². The van der Waals surface area contributed by atoms with Gasteiger partial charge in [-0.25, -0.2) is 0 Å². The van der Waals surface area contributed by atoms with Gasteiger partial charge in [-0.15, -0.1) is 0 Å². The van der Waals surface area contributed by atoms with Gasteiger partial charge in [0.25, 0.3) is 0 Å². The third-order valence-corrected chi connectivity index (χ3v) is 6.05. The van der Waals surface area contributed by atoms with Crippen molar-refractivity contribution < 1.29 is 14.6 Å². The molecule has 0 aromatic carbocycles. The average molecular weight is 265 g/mol. The Labute approximate surface area is 113 Å². The molecule has 0 aromatic rings. The Hall–Kier alpha value is -0.610. The third kappa shape index (κ3) is 1.83. The van der Waals surface area contributed by atoms with Gasteiger partial charge in [-0.05, 0) is 50.4 Å². The molecule has 7 unspecified atom stereocenters. The van der Waals surface area contributed by atoms with Crippen LogP contribution in [0.5, 0.6) is 0 Å². The van der Waals surface area contributed by atoms with Crippen molar-refractivity contribution in [3.63, 3.8) is 0 Å². The molecular formula is C15H23NO3. The summed E-state index contributed by atoms with van der Waals surface area (Å²) in [6, 6.07) is 0.218. The van der Waals surface area contributed by atoms with Crippen molar-refractivity contribution in [2.24, 2.45) is 23.7 Å². The quantitative estimate of drug-likeness (QED) is 0.802. The summed E-state index contributed by atoms with van der Waals surface area (Å²) in [6.07, 6.45) is 7.22. The van der Waals surface area contributed by atoms with Crippen LogP contribution < -0.4 is 5.32 Å². The largest absolute Gasteiger partial charge is 0.396 e. The van der Waals surface area contributed by atoms with Crippen LogP contribution in [0.15, 0.2) is 0 Å². The zero-order valence-corrected chi connectivity index (χ0v) is 11.3. The summed E-state index contributed by atoms with van der Waals surface area (Å²) >= 11 is 0. The van der Waals surface area contributed by atoms with Gasteiger partial charge in [0, 0.05) is 18.6 Å². The van der Waals surface area contributed by atoms with Crippen LogP contribution in [0.4, 0.5) is 0 Å². The minimum atomic E-state index is 0.0669. The minimum Gasteiger partial charge on any atom is -0.396 e. The SMILES string of the molecule is O=C(NC1C2CCC(C2)C1CO)C1CC2CCC1O2. The smallest absolute Gasteiger partial charge is 0.226 e. The van der Waals surface area contributed by atoms with E-state index in [9.17, 15) is 9.90 Å². The molecule has 4 nitrogen and oxygen atoms in total. The number of rotatable bonds is 3. The van der Waals surface area contributed by atoms with Crippen molar-refractivity contribution in [3.05, 3.63) is 0 Å². The summed E-state index contributed by atoms with van der Waals surface area (Å²) in [5.74, 6) is 1.78. The van der Waals surface area contributed by atoms with Crippen molar-refractivity contribution in [2.75, 3.05) is 6.61 Å². The number of ether oxygens (including phenoxy) is 1. The molecule has 2 saturated carbocycles. The van der Waals surface area contributed by atoms with Crippen molar-refractivity contribution in [1.82, 2.24) is 5.32 Å². The molecule has 2 aliphatic heterocycles. The second-order valence-corrected chi connectivity index (χ2v) is 6.93. The van der Waals surface area contributed by atoms with Gasteiger partial charge in [-0.3, -0.25) is 4.79 Å². The normalized spacial score (nSPS) is 50.9. The predicted molar refractivity (Wildman–Crippen MR) is 69.3 cm³/mol. The molecule has 4 rings (SSSR count). The van der Waals surface area contributed by atoms with Crippen molar-refractivity contribution in [1.29, 1.82) is 0 Å². The number of carbonyl (C=O) groups is 1. The molecule has 1 amide bonds. The van der Waals surface area contributed by atoms with Crippen LogP contribution in [0.3, 0.4) is 0 Å². The molecule has 0 aromatic heterocycles. The van der Waals surface area contributed by atoms with Gasteiger partial charge >= 0.3 is 0 Å². The number of fused-ring (bicyclic) bond motifs is 4. The van der Waals surface area contributed by atoms with Gasteiger partial charge in [0.2, 0.25) is 5.91 Å². The van der Waals surface area contributed by atoms with Crippen LogP contribution in [0, 0.1) is 23.7 Å².